The van der Waals surface area contributed by atoms with Crippen LogP contribution in [0.2, 0.25) is 0 Å². The molecule has 0 aromatic heterocycles. The lowest BCUT2D eigenvalue weighted by molar-refractivity contribution is -0.127. The van der Waals surface area contributed by atoms with Crippen LogP contribution in [0.25, 0.3) is 0 Å². The van der Waals surface area contributed by atoms with Gasteiger partial charge in [-0.1, -0.05) is 19.1 Å². The Hall–Kier alpha value is -1.56. The second-order valence-corrected chi connectivity index (χ2v) is 7.06. The van der Waals surface area contributed by atoms with Crippen LogP contribution in [0.3, 0.4) is 0 Å². The molecule has 1 rings (SSSR count). The highest BCUT2D eigenvalue weighted by molar-refractivity contribution is 5.85. The number of nitrogens with one attached hydrogen (secondary N) is 2. The minimum atomic E-state index is 0.0107. The van der Waals surface area contributed by atoms with Gasteiger partial charge in [-0.25, -0.2) is 4.99 Å². The zero-order chi connectivity index (χ0) is 18.1. The first-order chi connectivity index (χ1) is 11.3. The first-order valence-corrected chi connectivity index (χ1v) is 8.96. The van der Waals surface area contributed by atoms with E-state index in [-0.39, 0.29) is 12.5 Å². The number of piperidine rings is 1. The van der Waals surface area contributed by atoms with E-state index in [2.05, 4.69) is 47.9 Å². The highest BCUT2D eigenvalue weighted by atomic mass is 16.2. The van der Waals surface area contributed by atoms with Crippen molar-refractivity contribution < 1.29 is 4.79 Å². The third kappa shape index (κ3) is 7.81. The molecule has 0 bridgehead atoms. The number of guanidine groups is 1. The Morgan fingerprint density at radius 3 is 2.50 bits per heavy atom. The van der Waals surface area contributed by atoms with Gasteiger partial charge < -0.3 is 15.5 Å². The molecule has 24 heavy (non-hydrogen) atoms. The summed E-state index contributed by atoms with van der Waals surface area (Å²) in [4.78, 5) is 20.3. The normalized spacial score (nSPS) is 18.1. The van der Waals surface area contributed by atoms with Crippen LogP contribution in [0.4, 0.5) is 0 Å². The van der Waals surface area contributed by atoms with Gasteiger partial charge in [-0.3, -0.25) is 9.69 Å². The van der Waals surface area contributed by atoms with Crippen molar-refractivity contribution in [3.63, 3.8) is 0 Å². The SMILES string of the molecule is C=C(C)CN1CCC(NC(=NCC(=O)N(C)C)NC(C)CC)CC1. The van der Waals surface area contributed by atoms with Crippen molar-refractivity contribution in [3.8, 4) is 0 Å². The van der Waals surface area contributed by atoms with Crippen molar-refractivity contribution in [2.24, 2.45) is 4.99 Å². The standard InChI is InChI=1S/C18H35N5O/c1-7-15(4)20-18(19-12-17(24)22(5)6)21-16-8-10-23(11-9-16)13-14(2)3/h15-16H,2,7-13H2,1,3-6H3,(H2,19,20,21). The molecule has 0 saturated carbocycles. The maximum atomic E-state index is 11.8. The van der Waals surface area contributed by atoms with Crippen molar-refractivity contribution in [1.82, 2.24) is 20.4 Å². The number of amides is 1. The van der Waals surface area contributed by atoms with Gasteiger partial charge in [0, 0.05) is 45.8 Å². The molecule has 0 aromatic carbocycles. The van der Waals surface area contributed by atoms with E-state index in [1.807, 2.05) is 0 Å². The zero-order valence-electron chi connectivity index (χ0n) is 16.1. The fourth-order valence-electron chi connectivity index (χ4n) is 2.57. The lowest BCUT2D eigenvalue weighted by Crippen LogP contribution is -2.50. The van der Waals surface area contributed by atoms with Crippen molar-refractivity contribution in [3.05, 3.63) is 12.2 Å². The third-order valence-corrected chi connectivity index (χ3v) is 4.29. The van der Waals surface area contributed by atoms with Crippen LogP contribution in [-0.4, -0.2) is 74.0 Å². The van der Waals surface area contributed by atoms with E-state index in [9.17, 15) is 4.79 Å². The highest BCUT2D eigenvalue weighted by Gasteiger charge is 2.20. The molecule has 1 amide bonds. The molecule has 1 aliphatic heterocycles. The Morgan fingerprint density at radius 2 is 2.00 bits per heavy atom. The summed E-state index contributed by atoms with van der Waals surface area (Å²) in [5.41, 5.74) is 1.21. The number of aliphatic imine (C=N–C) groups is 1. The lowest BCUT2D eigenvalue weighted by Gasteiger charge is -2.33. The van der Waals surface area contributed by atoms with Gasteiger partial charge in [0.05, 0.1) is 0 Å². The van der Waals surface area contributed by atoms with Crippen LogP contribution >= 0.6 is 0 Å². The predicted octanol–water partition coefficient (Wildman–Crippen LogP) is 1.45. The van der Waals surface area contributed by atoms with Gasteiger partial charge >= 0.3 is 0 Å². The summed E-state index contributed by atoms with van der Waals surface area (Å²) in [5, 5.41) is 6.90. The number of carbonyl (C=O) groups is 1. The Kier molecular flexibility index (Phi) is 8.82. The van der Waals surface area contributed by atoms with Crippen molar-refractivity contribution in [1.29, 1.82) is 0 Å². The fraction of sp³-hybridized carbons (Fsp3) is 0.778. The van der Waals surface area contributed by atoms with Gasteiger partial charge in [0.1, 0.15) is 6.54 Å². The Labute approximate surface area is 147 Å². The summed E-state index contributed by atoms with van der Waals surface area (Å²) in [6.07, 6.45) is 3.17. The van der Waals surface area contributed by atoms with Crippen molar-refractivity contribution in [2.45, 2.75) is 52.1 Å². The first-order valence-electron chi connectivity index (χ1n) is 8.96. The largest absolute Gasteiger partial charge is 0.354 e. The smallest absolute Gasteiger partial charge is 0.243 e. The van der Waals surface area contributed by atoms with Gasteiger partial charge in [-0.2, -0.15) is 0 Å². The summed E-state index contributed by atoms with van der Waals surface area (Å²) < 4.78 is 0. The predicted molar refractivity (Wildman–Crippen MR) is 101 cm³/mol. The van der Waals surface area contributed by atoms with Crippen molar-refractivity contribution in [2.75, 3.05) is 40.3 Å². The van der Waals surface area contributed by atoms with Crippen LogP contribution in [-0.2, 0) is 4.79 Å². The monoisotopic (exact) mass is 337 g/mol. The number of hydrogen-bond donors (Lipinski definition) is 2. The number of nitrogens with zero attached hydrogens (tertiary/aromatic N) is 3. The zero-order valence-corrected chi connectivity index (χ0v) is 16.1. The quantitative estimate of drug-likeness (QED) is 0.419. The van der Waals surface area contributed by atoms with Crippen LogP contribution in [0, 0.1) is 0 Å². The molecule has 0 aliphatic carbocycles. The first kappa shape index (κ1) is 20.5. The molecule has 6 heteroatoms. The second kappa shape index (κ2) is 10.3. The molecule has 1 unspecified atom stereocenters. The molecule has 1 heterocycles. The van der Waals surface area contributed by atoms with Crippen LogP contribution in [0.1, 0.15) is 40.0 Å². The van der Waals surface area contributed by atoms with Gasteiger partial charge in [0.25, 0.3) is 0 Å². The highest BCUT2D eigenvalue weighted by Crippen LogP contribution is 2.11. The molecule has 0 aromatic rings. The molecule has 1 fully saturated rings. The Morgan fingerprint density at radius 1 is 1.38 bits per heavy atom. The number of rotatable bonds is 7. The van der Waals surface area contributed by atoms with E-state index in [1.165, 1.54) is 5.57 Å². The number of likely N-dealkylation sites (tertiary alicyclic amines) is 1. The van der Waals surface area contributed by atoms with E-state index in [0.29, 0.717) is 12.1 Å². The summed E-state index contributed by atoms with van der Waals surface area (Å²) in [6.45, 7) is 13.6. The molecular weight excluding hydrogens is 302 g/mol. The Balaban J connectivity index is 2.57. The average molecular weight is 338 g/mol. The van der Waals surface area contributed by atoms with Crippen molar-refractivity contribution >= 4 is 11.9 Å². The van der Waals surface area contributed by atoms with Gasteiger partial charge in [-0.15, -0.1) is 0 Å². The molecule has 6 nitrogen and oxygen atoms in total. The van der Waals surface area contributed by atoms with Gasteiger partial charge in [-0.05, 0) is 33.1 Å². The molecule has 1 saturated heterocycles. The minimum Gasteiger partial charge on any atom is -0.354 e. The van der Waals surface area contributed by atoms with Crippen LogP contribution < -0.4 is 10.6 Å². The minimum absolute atomic E-state index is 0.0107. The molecule has 1 aliphatic rings. The number of likely N-dealkylation sites (N-methyl/N-ethyl adjacent to an activating group) is 1. The van der Waals surface area contributed by atoms with E-state index < -0.39 is 0 Å². The van der Waals surface area contributed by atoms with Crippen LogP contribution in [0.15, 0.2) is 17.1 Å². The van der Waals surface area contributed by atoms with E-state index in [1.54, 1.807) is 19.0 Å². The van der Waals surface area contributed by atoms with Crippen LogP contribution in [0.5, 0.6) is 0 Å². The number of hydrogen-bond acceptors (Lipinski definition) is 3. The second-order valence-electron chi connectivity index (χ2n) is 7.06. The summed E-state index contributed by atoms with van der Waals surface area (Å²) in [6, 6.07) is 0.727. The summed E-state index contributed by atoms with van der Waals surface area (Å²) >= 11 is 0. The fourth-order valence-corrected chi connectivity index (χ4v) is 2.57. The molecule has 2 N–H and O–H groups in total. The summed E-state index contributed by atoms with van der Waals surface area (Å²) in [5.74, 6) is 0.759. The molecule has 0 spiro atoms. The average Bonchev–Trinajstić information content (AvgIpc) is 2.53. The molecular formula is C18H35N5O. The van der Waals surface area contributed by atoms with E-state index >= 15 is 0 Å². The van der Waals surface area contributed by atoms with E-state index in [0.717, 1.165) is 44.9 Å². The lowest BCUT2D eigenvalue weighted by atomic mass is 10.0. The van der Waals surface area contributed by atoms with Gasteiger partial charge in [0.2, 0.25) is 5.91 Å². The topological polar surface area (TPSA) is 60.0 Å². The molecule has 1 atom stereocenters. The maximum Gasteiger partial charge on any atom is 0.243 e. The summed E-state index contributed by atoms with van der Waals surface area (Å²) in [7, 11) is 3.51. The maximum absolute atomic E-state index is 11.8. The number of carbonyl (C=O) groups excluding carboxylic acids is 1. The van der Waals surface area contributed by atoms with Gasteiger partial charge in [0.15, 0.2) is 5.96 Å². The Bertz CT molecular complexity index is 439. The van der Waals surface area contributed by atoms with E-state index in [4.69, 9.17) is 0 Å². The molecule has 0 radical (unpaired) electrons. The molecule has 138 valence electrons. The third-order valence-electron chi connectivity index (χ3n) is 4.29.